The number of fused-ring (bicyclic) bond motifs is 2. The van der Waals surface area contributed by atoms with E-state index < -0.39 is 12.5 Å². The molecule has 3 rings (SSSR count). The van der Waals surface area contributed by atoms with Gasteiger partial charge in [-0.05, 0) is 31.3 Å². The first kappa shape index (κ1) is 11.4. The molecule has 2 fully saturated rings. The summed E-state index contributed by atoms with van der Waals surface area (Å²) in [5, 5.41) is 5.21. The molecular formula is C12H19F2N3. The standard InChI is InChI=1S/C12H19F2N3/c1-2-7-6-10-15-9-5-3-4-8(9)11(12(13)14)17(10)16-7/h6,8-12,15-16H,2-5H2,1H3/t8-,9+,10?,11-/m0/s1. The Bertz CT molecular complexity index is 332. The van der Waals surface area contributed by atoms with Crippen LogP contribution in [0.15, 0.2) is 11.8 Å². The zero-order valence-corrected chi connectivity index (χ0v) is 10.00. The Morgan fingerprint density at radius 1 is 1.47 bits per heavy atom. The molecule has 0 aromatic carbocycles. The van der Waals surface area contributed by atoms with Gasteiger partial charge in [0.15, 0.2) is 0 Å². The van der Waals surface area contributed by atoms with E-state index in [2.05, 4.69) is 10.7 Å². The smallest absolute Gasteiger partial charge is 0.256 e. The fourth-order valence-electron chi connectivity index (χ4n) is 3.47. The van der Waals surface area contributed by atoms with Crippen molar-refractivity contribution in [3.05, 3.63) is 11.8 Å². The molecule has 0 spiro atoms. The summed E-state index contributed by atoms with van der Waals surface area (Å²) < 4.78 is 26.6. The van der Waals surface area contributed by atoms with Crippen LogP contribution in [0.1, 0.15) is 32.6 Å². The highest BCUT2D eigenvalue weighted by Crippen LogP contribution is 2.38. The van der Waals surface area contributed by atoms with Crippen molar-refractivity contribution in [1.82, 2.24) is 15.8 Å². The Morgan fingerprint density at radius 2 is 2.29 bits per heavy atom. The molecule has 2 N–H and O–H groups in total. The van der Waals surface area contributed by atoms with E-state index in [1.165, 1.54) is 0 Å². The molecule has 3 nitrogen and oxygen atoms in total. The van der Waals surface area contributed by atoms with Crippen LogP contribution in [0.4, 0.5) is 8.78 Å². The lowest BCUT2D eigenvalue weighted by atomic mass is 9.91. The van der Waals surface area contributed by atoms with Gasteiger partial charge in [-0.3, -0.25) is 5.32 Å². The highest BCUT2D eigenvalue weighted by molar-refractivity contribution is 5.15. The number of alkyl halides is 2. The van der Waals surface area contributed by atoms with Crippen LogP contribution in [-0.2, 0) is 0 Å². The average Bonchev–Trinajstić information content (AvgIpc) is 2.89. The lowest BCUT2D eigenvalue weighted by Gasteiger charge is -2.44. The third-order valence-electron chi connectivity index (χ3n) is 4.28. The first-order chi connectivity index (χ1) is 8.20. The molecule has 0 aromatic rings. The number of nitrogens with zero attached hydrogens (tertiary/aromatic N) is 1. The van der Waals surface area contributed by atoms with E-state index in [9.17, 15) is 8.78 Å². The molecular weight excluding hydrogens is 224 g/mol. The van der Waals surface area contributed by atoms with Crippen LogP contribution in [0.25, 0.3) is 0 Å². The number of hydrogen-bond donors (Lipinski definition) is 2. The van der Waals surface area contributed by atoms with E-state index in [1.807, 2.05) is 13.0 Å². The molecule has 0 amide bonds. The Balaban J connectivity index is 1.85. The molecule has 4 atom stereocenters. The first-order valence-electron chi connectivity index (χ1n) is 6.50. The van der Waals surface area contributed by atoms with Crippen molar-refractivity contribution in [2.24, 2.45) is 5.92 Å². The average molecular weight is 243 g/mol. The molecule has 0 aromatic heterocycles. The van der Waals surface area contributed by atoms with Crippen LogP contribution in [0.5, 0.6) is 0 Å². The van der Waals surface area contributed by atoms with Gasteiger partial charge < -0.3 is 5.43 Å². The maximum Gasteiger partial charge on any atom is 0.256 e. The van der Waals surface area contributed by atoms with Gasteiger partial charge in [0.05, 0.1) is 12.2 Å². The summed E-state index contributed by atoms with van der Waals surface area (Å²) in [4.78, 5) is 0. The van der Waals surface area contributed by atoms with Crippen molar-refractivity contribution in [2.45, 2.75) is 57.3 Å². The summed E-state index contributed by atoms with van der Waals surface area (Å²) in [6, 6.07) is -0.376. The predicted molar refractivity (Wildman–Crippen MR) is 61.2 cm³/mol. The molecule has 1 unspecified atom stereocenters. The number of halogens is 2. The van der Waals surface area contributed by atoms with Gasteiger partial charge in [-0.25, -0.2) is 8.78 Å². The molecule has 0 bridgehead atoms. The van der Waals surface area contributed by atoms with Gasteiger partial charge >= 0.3 is 0 Å². The Hall–Kier alpha value is -0.680. The fourth-order valence-corrected chi connectivity index (χ4v) is 3.47. The Morgan fingerprint density at radius 3 is 3.00 bits per heavy atom. The monoisotopic (exact) mass is 243 g/mol. The number of nitrogens with one attached hydrogen (secondary N) is 2. The van der Waals surface area contributed by atoms with Gasteiger partial charge in [0.2, 0.25) is 0 Å². The van der Waals surface area contributed by atoms with E-state index >= 15 is 0 Å². The zero-order valence-electron chi connectivity index (χ0n) is 10.00. The van der Waals surface area contributed by atoms with Crippen molar-refractivity contribution >= 4 is 0 Å². The van der Waals surface area contributed by atoms with Gasteiger partial charge in [0.25, 0.3) is 6.43 Å². The molecule has 1 aliphatic carbocycles. The second-order valence-corrected chi connectivity index (χ2v) is 5.20. The SMILES string of the molecule is CCC1=CC2N[C@@H]3CCC[C@@H]3[C@@H](C(F)F)N2N1. The second kappa shape index (κ2) is 4.21. The van der Waals surface area contributed by atoms with Crippen LogP contribution in [0, 0.1) is 5.92 Å². The fraction of sp³-hybridized carbons (Fsp3) is 0.833. The van der Waals surface area contributed by atoms with Crippen LogP contribution < -0.4 is 10.7 Å². The van der Waals surface area contributed by atoms with E-state index in [4.69, 9.17) is 0 Å². The number of hydrogen-bond acceptors (Lipinski definition) is 3. The summed E-state index contributed by atoms with van der Waals surface area (Å²) in [5.74, 6) is 0.0864. The van der Waals surface area contributed by atoms with Crippen molar-refractivity contribution in [3.63, 3.8) is 0 Å². The molecule has 2 heterocycles. The quantitative estimate of drug-likeness (QED) is 0.775. The minimum atomic E-state index is -2.28. The van der Waals surface area contributed by atoms with E-state index in [0.29, 0.717) is 0 Å². The lowest BCUT2D eigenvalue weighted by molar-refractivity contribution is -0.0708. The lowest BCUT2D eigenvalue weighted by Crippen LogP contribution is -2.66. The van der Waals surface area contributed by atoms with Gasteiger partial charge in [-0.1, -0.05) is 13.3 Å². The third-order valence-corrected chi connectivity index (χ3v) is 4.28. The topological polar surface area (TPSA) is 27.3 Å². The van der Waals surface area contributed by atoms with Crippen molar-refractivity contribution in [3.8, 4) is 0 Å². The minimum Gasteiger partial charge on any atom is -0.321 e. The first-order valence-corrected chi connectivity index (χ1v) is 6.50. The van der Waals surface area contributed by atoms with Gasteiger partial charge in [-0.2, -0.15) is 5.01 Å². The number of rotatable bonds is 2. The van der Waals surface area contributed by atoms with Gasteiger partial charge in [0, 0.05) is 11.7 Å². The molecule has 1 saturated carbocycles. The van der Waals surface area contributed by atoms with Gasteiger partial charge in [0.1, 0.15) is 0 Å². The van der Waals surface area contributed by atoms with Crippen LogP contribution in [0.3, 0.4) is 0 Å². The predicted octanol–water partition coefficient (Wildman–Crippen LogP) is 1.83. The molecule has 5 heteroatoms. The highest BCUT2D eigenvalue weighted by atomic mass is 19.3. The Labute approximate surface area is 100 Å². The number of allylic oxidation sites excluding steroid dienone is 1. The van der Waals surface area contributed by atoms with Gasteiger partial charge in [-0.15, -0.1) is 0 Å². The molecule has 17 heavy (non-hydrogen) atoms. The maximum absolute atomic E-state index is 13.3. The van der Waals surface area contributed by atoms with Crippen LogP contribution >= 0.6 is 0 Å². The molecule has 0 radical (unpaired) electrons. The normalized spacial score (nSPS) is 41.1. The van der Waals surface area contributed by atoms with Crippen molar-refractivity contribution < 1.29 is 8.78 Å². The van der Waals surface area contributed by atoms with Crippen molar-refractivity contribution in [1.29, 1.82) is 0 Å². The summed E-state index contributed by atoms with van der Waals surface area (Å²) in [6.07, 6.45) is 3.60. The van der Waals surface area contributed by atoms with E-state index in [-0.39, 0.29) is 18.1 Å². The minimum absolute atomic E-state index is 0.0525. The van der Waals surface area contributed by atoms with E-state index in [0.717, 1.165) is 31.4 Å². The zero-order chi connectivity index (χ0) is 12.0. The molecule has 3 aliphatic rings. The third kappa shape index (κ3) is 1.76. The summed E-state index contributed by atoms with van der Waals surface area (Å²) >= 11 is 0. The molecule has 96 valence electrons. The number of hydrazine groups is 1. The maximum atomic E-state index is 13.3. The Kier molecular flexibility index (Phi) is 2.83. The van der Waals surface area contributed by atoms with Crippen molar-refractivity contribution in [2.75, 3.05) is 0 Å². The largest absolute Gasteiger partial charge is 0.321 e. The van der Waals surface area contributed by atoms with E-state index in [1.54, 1.807) is 5.01 Å². The summed E-state index contributed by atoms with van der Waals surface area (Å²) in [6.45, 7) is 2.04. The summed E-state index contributed by atoms with van der Waals surface area (Å²) in [5.41, 5.74) is 4.19. The summed E-state index contributed by atoms with van der Waals surface area (Å²) in [7, 11) is 0. The molecule has 1 saturated heterocycles. The highest BCUT2D eigenvalue weighted by Gasteiger charge is 2.49. The second-order valence-electron chi connectivity index (χ2n) is 5.20. The van der Waals surface area contributed by atoms with Crippen LogP contribution in [0.2, 0.25) is 0 Å². The van der Waals surface area contributed by atoms with Crippen LogP contribution in [-0.4, -0.2) is 29.7 Å². The molecule has 2 aliphatic heterocycles.